The Bertz CT molecular complexity index is 387. The fourth-order valence-electron chi connectivity index (χ4n) is 1.35. The number of nitrogens with two attached hydrogens (primary N) is 1. The molecule has 1 aromatic carbocycles. The second-order valence-electron chi connectivity index (χ2n) is 3.92. The highest BCUT2D eigenvalue weighted by molar-refractivity contribution is 9.10. The van der Waals surface area contributed by atoms with Crippen LogP contribution in [0.15, 0.2) is 16.6 Å². The molecule has 0 aliphatic carbocycles. The van der Waals surface area contributed by atoms with Gasteiger partial charge in [-0.05, 0) is 34.5 Å². The van der Waals surface area contributed by atoms with Crippen molar-refractivity contribution >= 4 is 27.7 Å². The van der Waals surface area contributed by atoms with Crippen LogP contribution >= 0.6 is 27.7 Å². The third-order valence-electron chi connectivity index (χ3n) is 2.59. The molecule has 0 amide bonds. The van der Waals surface area contributed by atoms with Crippen molar-refractivity contribution in [3.05, 3.63) is 33.8 Å². The molecule has 2 N–H and O–H groups in total. The lowest BCUT2D eigenvalue weighted by molar-refractivity contribution is 0.534. The van der Waals surface area contributed by atoms with Crippen molar-refractivity contribution in [1.29, 1.82) is 0 Å². The van der Waals surface area contributed by atoms with Crippen LogP contribution in [-0.4, -0.2) is 11.0 Å². The van der Waals surface area contributed by atoms with E-state index in [1.807, 2.05) is 0 Å². The number of hydrogen-bond acceptors (Lipinski definition) is 2. The highest BCUT2D eigenvalue weighted by Gasteiger charge is 2.19. The SMILES string of the molecule is CCC(C)SCC(N)c1c(F)ccc(Br)c1F. The van der Waals surface area contributed by atoms with Crippen LogP contribution in [0.4, 0.5) is 8.78 Å². The van der Waals surface area contributed by atoms with Crippen molar-refractivity contribution in [3.8, 4) is 0 Å². The topological polar surface area (TPSA) is 26.0 Å². The maximum Gasteiger partial charge on any atom is 0.145 e. The lowest BCUT2D eigenvalue weighted by Gasteiger charge is -2.16. The highest BCUT2D eigenvalue weighted by Crippen LogP contribution is 2.28. The number of thioether (sulfide) groups is 1. The molecule has 2 atom stereocenters. The van der Waals surface area contributed by atoms with E-state index in [1.54, 1.807) is 11.8 Å². The lowest BCUT2D eigenvalue weighted by atomic mass is 10.1. The fourth-order valence-corrected chi connectivity index (χ4v) is 2.64. The largest absolute Gasteiger partial charge is 0.323 e. The molecule has 0 spiro atoms. The molecule has 0 saturated carbocycles. The molecule has 0 bridgehead atoms. The van der Waals surface area contributed by atoms with Gasteiger partial charge in [0.05, 0.1) is 4.47 Å². The Labute approximate surface area is 113 Å². The first-order chi connectivity index (χ1) is 7.97. The van der Waals surface area contributed by atoms with Gasteiger partial charge in [-0.3, -0.25) is 0 Å². The summed E-state index contributed by atoms with van der Waals surface area (Å²) < 4.78 is 27.5. The maximum absolute atomic E-state index is 13.7. The first-order valence-electron chi connectivity index (χ1n) is 5.47. The molecule has 1 aromatic rings. The minimum absolute atomic E-state index is 0.0322. The van der Waals surface area contributed by atoms with Crippen molar-refractivity contribution < 1.29 is 8.78 Å². The van der Waals surface area contributed by atoms with Crippen LogP contribution in [0.5, 0.6) is 0 Å². The summed E-state index contributed by atoms with van der Waals surface area (Å²) in [6.07, 6.45) is 1.01. The predicted molar refractivity (Wildman–Crippen MR) is 73.2 cm³/mol. The Hall–Kier alpha value is -0.130. The third kappa shape index (κ3) is 3.93. The monoisotopic (exact) mass is 323 g/mol. The molecular formula is C12H16BrF2NS. The molecule has 0 heterocycles. The van der Waals surface area contributed by atoms with Gasteiger partial charge in [-0.2, -0.15) is 11.8 Å². The van der Waals surface area contributed by atoms with Crippen LogP contribution in [0.25, 0.3) is 0 Å². The smallest absolute Gasteiger partial charge is 0.145 e. The van der Waals surface area contributed by atoms with Gasteiger partial charge < -0.3 is 5.73 Å². The van der Waals surface area contributed by atoms with Gasteiger partial charge in [-0.15, -0.1) is 0 Å². The summed E-state index contributed by atoms with van der Waals surface area (Å²) in [6.45, 7) is 4.15. The minimum Gasteiger partial charge on any atom is -0.323 e. The van der Waals surface area contributed by atoms with E-state index in [4.69, 9.17) is 5.73 Å². The molecule has 17 heavy (non-hydrogen) atoms. The van der Waals surface area contributed by atoms with E-state index in [0.717, 1.165) is 6.42 Å². The van der Waals surface area contributed by atoms with Crippen LogP contribution in [0.1, 0.15) is 31.9 Å². The Morgan fingerprint density at radius 3 is 2.65 bits per heavy atom. The molecule has 1 rings (SSSR count). The van der Waals surface area contributed by atoms with Gasteiger partial charge in [0.1, 0.15) is 11.6 Å². The van der Waals surface area contributed by atoms with Crippen LogP contribution in [-0.2, 0) is 0 Å². The maximum atomic E-state index is 13.7. The van der Waals surface area contributed by atoms with Crippen molar-refractivity contribution in [1.82, 2.24) is 0 Å². The average molecular weight is 324 g/mol. The van der Waals surface area contributed by atoms with E-state index < -0.39 is 17.7 Å². The highest BCUT2D eigenvalue weighted by atomic mass is 79.9. The third-order valence-corrected chi connectivity index (χ3v) is 4.65. The van der Waals surface area contributed by atoms with Crippen molar-refractivity contribution in [2.45, 2.75) is 31.6 Å². The number of halogens is 3. The molecular weight excluding hydrogens is 308 g/mol. The first-order valence-corrected chi connectivity index (χ1v) is 7.32. The summed E-state index contributed by atoms with van der Waals surface area (Å²) in [5, 5.41) is 0.444. The second-order valence-corrected chi connectivity index (χ2v) is 6.24. The zero-order chi connectivity index (χ0) is 13.0. The summed E-state index contributed by atoms with van der Waals surface area (Å²) in [6, 6.07) is 1.96. The molecule has 5 heteroatoms. The zero-order valence-corrected chi connectivity index (χ0v) is 12.2. The average Bonchev–Trinajstić information content (AvgIpc) is 2.31. The molecule has 0 fully saturated rings. The summed E-state index contributed by atoms with van der Waals surface area (Å²) in [7, 11) is 0. The molecule has 0 aliphatic rings. The summed E-state index contributed by atoms with van der Waals surface area (Å²) >= 11 is 4.67. The first kappa shape index (κ1) is 14.9. The van der Waals surface area contributed by atoms with E-state index in [-0.39, 0.29) is 10.0 Å². The van der Waals surface area contributed by atoms with Gasteiger partial charge in [0, 0.05) is 22.6 Å². The van der Waals surface area contributed by atoms with Gasteiger partial charge in [-0.25, -0.2) is 8.78 Å². The van der Waals surface area contributed by atoms with Crippen LogP contribution in [0, 0.1) is 11.6 Å². The van der Waals surface area contributed by atoms with E-state index in [1.165, 1.54) is 12.1 Å². The van der Waals surface area contributed by atoms with E-state index in [9.17, 15) is 8.78 Å². The number of hydrogen-bond donors (Lipinski definition) is 1. The Kier molecular flexibility index (Phi) is 5.89. The van der Waals surface area contributed by atoms with Crippen molar-refractivity contribution in [2.24, 2.45) is 5.73 Å². The quantitative estimate of drug-likeness (QED) is 0.819. The van der Waals surface area contributed by atoms with E-state index in [2.05, 4.69) is 29.8 Å². The van der Waals surface area contributed by atoms with Gasteiger partial charge in [0.15, 0.2) is 0 Å². The van der Waals surface area contributed by atoms with Crippen LogP contribution in [0.2, 0.25) is 0 Å². The van der Waals surface area contributed by atoms with Gasteiger partial charge >= 0.3 is 0 Å². The summed E-state index contributed by atoms with van der Waals surface area (Å²) in [5.74, 6) is -0.663. The second kappa shape index (κ2) is 6.71. The molecule has 1 nitrogen and oxygen atoms in total. The molecule has 2 unspecified atom stereocenters. The van der Waals surface area contributed by atoms with E-state index >= 15 is 0 Å². The van der Waals surface area contributed by atoms with Gasteiger partial charge in [0.2, 0.25) is 0 Å². The Morgan fingerprint density at radius 2 is 2.06 bits per heavy atom. The summed E-state index contributed by atoms with van der Waals surface area (Å²) in [4.78, 5) is 0. The standard InChI is InChI=1S/C12H16BrF2NS/c1-3-7(2)17-6-10(16)11-9(14)5-4-8(13)12(11)15/h4-5,7,10H,3,6,16H2,1-2H3. The molecule has 0 aliphatic heterocycles. The van der Waals surface area contributed by atoms with E-state index in [0.29, 0.717) is 11.0 Å². The zero-order valence-electron chi connectivity index (χ0n) is 9.84. The Morgan fingerprint density at radius 1 is 1.41 bits per heavy atom. The number of rotatable bonds is 5. The predicted octanol–water partition coefficient (Wildman–Crippen LogP) is 4.26. The lowest BCUT2D eigenvalue weighted by Crippen LogP contribution is -2.18. The summed E-state index contributed by atoms with van der Waals surface area (Å²) in [5.41, 5.74) is 5.81. The van der Waals surface area contributed by atoms with Crippen molar-refractivity contribution in [2.75, 3.05) is 5.75 Å². The van der Waals surface area contributed by atoms with Crippen molar-refractivity contribution in [3.63, 3.8) is 0 Å². The fraction of sp³-hybridized carbons (Fsp3) is 0.500. The molecule has 0 saturated heterocycles. The minimum atomic E-state index is -0.619. The van der Waals surface area contributed by atoms with Crippen LogP contribution < -0.4 is 5.73 Å². The van der Waals surface area contributed by atoms with Crippen LogP contribution in [0.3, 0.4) is 0 Å². The normalized spacial score (nSPS) is 14.7. The number of benzene rings is 1. The molecule has 0 aromatic heterocycles. The molecule has 96 valence electrons. The molecule has 0 radical (unpaired) electrons. The van der Waals surface area contributed by atoms with Gasteiger partial charge in [-0.1, -0.05) is 13.8 Å². The Balaban J connectivity index is 2.81. The van der Waals surface area contributed by atoms with Gasteiger partial charge in [0.25, 0.3) is 0 Å².